The predicted octanol–water partition coefficient (Wildman–Crippen LogP) is 4.73. The number of benzene rings is 2. The lowest BCUT2D eigenvalue weighted by Gasteiger charge is -2.13. The van der Waals surface area contributed by atoms with Crippen LogP contribution >= 0.6 is 12.6 Å². The van der Waals surface area contributed by atoms with Crippen LogP contribution in [0.2, 0.25) is 0 Å². The molecular formula is C21H22N4O2S. The molecule has 0 bridgehead atoms. The summed E-state index contributed by atoms with van der Waals surface area (Å²) in [5.74, 6) is -0.00580. The first kappa shape index (κ1) is 18.4. The van der Waals surface area contributed by atoms with Crippen molar-refractivity contribution in [1.82, 2.24) is 19.6 Å². The van der Waals surface area contributed by atoms with E-state index in [2.05, 4.69) is 59.7 Å². The van der Waals surface area contributed by atoms with Gasteiger partial charge in [-0.15, -0.1) is 17.7 Å². The summed E-state index contributed by atoms with van der Waals surface area (Å²) < 4.78 is 3.79. The molecule has 2 aromatic carbocycles. The van der Waals surface area contributed by atoms with Crippen LogP contribution in [0, 0.1) is 0 Å². The first-order chi connectivity index (χ1) is 13.4. The molecule has 0 atom stereocenters. The zero-order valence-corrected chi connectivity index (χ0v) is 16.9. The molecule has 0 radical (unpaired) electrons. The average molecular weight is 395 g/mol. The molecule has 0 unspecified atom stereocenters. The first-order valence-electron chi connectivity index (χ1n) is 9.22. The van der Waals surface area contributed by atoms with Crippen LogP contribution < -0.4 is 0 Å². The lowest BCUT2D eigenvalue weighted by molar-refractivity contribution is 0.443. The molecule has 2 heterocycles. The summed E-state index contributed by atoms with van der Waals surface area (Å²) >= 11 is 4.52. The van der Waals surface area contributed by atoms with Crippen molar-refractivity contribution in [3.05, 3.63) is 48.2 Å². The van der Waals surface area contributed by atoms with E-state index in [1.807, 2.05) is 19.1 Å². The fourth-order valence-corrected chi connectivity index (χ4v) is 3.84. The van der Waals surface area contributed by atoms with Crippen LogP contribution in [0.25, 0.3) is 27.8 Å². The van der Waals surface area contributed by atoms with Crippen molar-refractivity contribution in [2.24, 2.45) is 0 Å². The number of nitrogens with zero attached hydrogens (tertiary/aromatic N) is 4. The van der Waals surface area contributed by atoms with E-state index in [4.69, 9.17) is 0 Å². The second-order valence-electron chi connectivity index (χ2n) is 7.05. The van der Waals surface area contributed by atoms with Gasteiger partial charge in [-0.3, -0.25) is 0 Å². The number of hydrogen-bond acceptors (Lipinski definition) is 5. The maximum atomic E-state index is 10.5. The van der Waals surface area contributed by atoms with Gasteiger partial charge >= 0.3 is 0 Å². The molecule has 0 spiro atoms. The SMILES string of the molecule is CCc1cc(-n2nnc(S)c2-c2cccc3c2ccn3C(C)C)c(O)cc1O. The molecule has 0 fully saturated rings. The van der Waals surface area contributed by atoms with Gasteiger partial charge in [0.2, 0.25) is 0 Å². The third kappa shape index (κ3) is 2.82. The van der Waals surface area contributed by atoms with Gasteiger partial charge in [-0.2, -0.15) is 0 Å². The van der Waals surface area contributed by atoms with Crippen molar-refractivity contribution in [3.8, 4) is 28.4 Å². The van der Waals surface area contributed by atoms with Crippen LogP contribution in [0.15, 0.2) is 47.6 Å². The summed E-state index contributed by atoms with van der Waals surface area (Å²) in [6.07, 6.45) is 2.70. The highest BCUT2D eigenvalue weighted by Crippen LogP contribution is 2.37. The maximum absolute atomic E-state index is 10.5. The Morgan fingerprint density at radius 3 is 2.61 bits per heavy atom. The molecule has 0 aliphatic rings. The largest absolute Gasteiger partial charge is 0.508 e. The number of aromatic nitrogens is 4. The minimum absolute atomic E-state index is 0.0626. The molecule has 0 saturated heterocycles. The average Bonchev–Trinajstić information content (AvgIpc) is 3.25. The van der Waals surface area contributed by atoms with Crippen LogP contribution in [0.1, 0.15) is 32.4 Å². The summed E-state index contributed by atoms with van der Waals surface area (Å²) in [5, 5.41) is 30.4. The van der Waals surface area contributed by atoms with E-state index in [-0.39, 0.29) is 11.5 Å². The normalized spacial score (nSPS) is 11.6. The Kier molecular flexibility index (Phi) is 4.55. The zero-order chi connectivity index (χ0) is 20.0. The number of phenolic OH excluding ortho intramolecular Hbond substituents is 2. The zero-order valence-electron chi connectivity index (χ0n) is 16.0. The minimum Gasteiger partial charge on any atom is -0.508 e. The van der Waals surface area contributed by atoms with Crippen molar-refractivity contribution in [2.45, 2.75) is 38.3 Å². The molecule has 0 amide bonds. The number of hydrogen-bond donors (Lipinski definition) is 3. The van der Waals surface area contributed by atoms with Crippen LogP contribution in [0.5, 0.6) is 11.5 Å². The third-order valence-electron chi connectivity index (χ3n) is 5.01. The fourth-order valence-electron chi connectivity index (χ4n) is 3.58. The maximum Gasteiger partial charge on any atom is 0.145 e. The molecule has 2 aromatic heterocycles. The highest BCUT2D eigenvalue weighted by atomic mass is 32.1. The Balaban J connectivity index is 1.98. The molecule has 7 heteroatoms. The van der Waals surface area contributed by atoms with E-state index >= 15 is 0 Å². The monoisotopic (exact) mass is 394 g/mol. The number of fused-ring (bicyclic) bond motifs is 1. The lowest BCUT2D eigenvalue weighted by Crippen LogP contribution is -2.02. The number of rotatable bonds is 4. The quantitative estimate of drug-likeness (QED) is 0.437. The number of aromatic hydroxyl groups is 2. The van der Waals surface area contributed by atoms with E-state index in [9.17, 15) is 10.2 Å². The minimum atomic E-state index is -0.0684. The molecule has 2 N–H and O–H groups in total. The topological polar surface area (TPSA) is 76.1 Å². The molecule has 4 rings (SSSR count). The fraction of sp³-hybridized carbons (Fsp3) is 0.238. The summed E-state index contributed by atoms with van der Waals surface area (Å²) in [7, 11) is 0. The molecule has 0 aliphatic carbocycles. The van der Waals surface area contributed by atoms with E-state index in [0.29, 0.717) is 28.9 Å². The number of thiol groups is 1. The first-order valence-corrected chi connectivity index (χ1v) is 9.66. The van der Waals surface area contributed by atoms with Crippen LogP contribution in [0.3, 0.4) is 0 Å². The Morgan fingerprint density at radius 1 is 1.11 bits per heavy atom. The van der Waals surface area contributed by atoms with E-state index in [1.54, 1.807) is 10.7 Å². The van der Waals surface area contributed by atoms with E-state index < -0.39 is 0 Å². The van der Waals surface area contributed by atoms with E-state index in [1.165, 1.54) is 6.07 Å². The van der Waals surface area contributed by atoms with Gasteiger partial charge in [0.1, 0.15) is 27.9 Å². The van der Waals surface area contributed by atoms with Gasteiger partial charge in [-0.1, -0.05) is 24.3 Å². The molecular weight excluding hydrogens is 372 g/mol. The van der Waals surface area contributed by atoms with Crippen LogP contribution in [0.4, 0.5) is 0 Å². The number of aryl methyl sites for hydroxylation is 1. The Labute approximate surface area is 168 Å². The van der Waals surface area contributed by atoms with Gasteiger partial charge < -0.3 is 14.8 Å². The van der Waals surface area contributed by atoms with Gasteiger partial charge in [0.05, 0.1) is 0 Å². The Morgan fingerprint density at radius 2 is 1.89 bits per heavy atom. The highest BCUT2D eigenvalue weighted by molar-refractivity contribution is 7.80. The van der Waals surface area contributed by atoms with Crippen molar-refractivity contribution in [1.29, 1.82) is 0 Å². The Hall–Kier alpha value is -2.93. The summed E-state index contributed by atoms with van der Waals surface area (Å²) in [6, 6.07) is 11.6. The third-order valence-corrected chi connectivity index (χ3v) is 5.31. The van der Waals surface area contributed by atoms with Crippen molar-refractivity contribution in [2.75, 3.05) is 0 Å². The molecule has 0 aliphatic heterocycles. The molecule has 4 aromatic rings. The summed E-state index contributed by atoms with van der Waals surface area (Å²) in [5.41, 5.74) is 3.91. The van der Waals surface area contributed by atoms with Crippen molar-refractivity contribution in [3.63, 3.8) is 0 Å². The van der Waals surface area contributed by atoms with Crippen LogP contribution in [-0.2, 0) is 6.42 Å². The van der Waals surface area contributed by atoms with Gasteiger partial charge in [0.15, 0.2) is 0 Å². The van der Waals surface area contributed by atoms with Crippen LogP contribution in [-0.4, -0.2) is 29.8 Å². The van der Waals surface area contributed by atoms with Gasteiger partial charge in [-0.05, 0) is 44.0 Å². The summed E-state index contributed by atoms with van der Waals surface area (Å²) in [4.78, 5) is 0. The number of phenols is 2. The van der Waals surface area contributed by atoms with Gasteiger partial charge in [-0.25, -0.2) is 4.68 Å². The van der Waals surface area contributed by atoms with Crippen molar-refractivity contribution < 1.29 is 10.2 Å². The smallest absolute Gasteiger partial charge is 0.145 e. The summed E-state index contributed by atoms with van der Waals surface area (Å²) in [6.45, 7) is 6.23. The predicted molar refractivity (Wildman–Crippen MR) is 113 cm³/mol. The standard InChI is InChI=1S/C21H22N4O2S/c1-4-13-10-17(19(27)11-18(13)26)25-20(21(28)22-23-25)15-6-5-7-16-14(15)8-9-24(16)12(2)3/h5-12,26-28H,4H2,1-3H3. The lowest BCUT2D eigenvalue weighted by atomic mass is 10.1. The molecule has 6 nitrogen and oxygen atoms in total. The second-order valence-corrected chi connectivity index (χ2v) is 7.48. The van der Waals surface area contributed by atoms with Gasteiger partial charge in [0, 0.05) is 34.8 Å². The molecule has 28 heavy (non-hydrogen) atoms. The second kappa shape index (κ2) is 6.91. The Bertz CT molecular complexity index is 1180. The molecule has 0 saturated carbocycles. The molecule has 144 valence electrons. The van der Waals surface area contributed by atoms with E-state index in [0.717, 1.165) is 22.0 Å². The van der Waals surface area contributed by atoms with Crippen molar-refractivity contribution >= 4 is 23.5 Å². The van der Waals surface area contributed by atoms with Gasteiger partial charge in [0.25, 0.3) is 0 Å². The highest BCUT2D eigenvalue weighted by Gasteiger charge is 2.20.